The number of anilines is 2. The summed E-state index contributed by atoms with van der Waals surface area (Å²) in [5.74, 6) is 0. The largest absolute Gasteiger partial charge is 0.398 e. The van der Waals surface area contributed by atoms with Crippen LogP contribution >= 0.6 is 0 Å². The Hall–Kier alpha value is -5.08. The molecule has 0 aromatic heterocycles. The van der Waals surface area contributed by atoms with E-state index in [2.05, 4.69) is 159 Å². The van der Waals surface area contributed by atoms with Crippen LogP contribution in [0.3, 0.4) is 0 Å². The number of nitrogen functional groups attached to an aromatic ring is 1. The summed E-state index contributed by atoms with van der Waals surface area (Å²) in [5.41, 5.74) is 19.5. The second-order valence-electron chi connectivity index (χ2n) is 11.8. The van der Waals surface area contributed by atoms with Crippen LogP contribution in [0.4, 0.5) is 11.4 Å². The molecular weight excluding hydrogens is 532 g/mol. The van der Waals surface area contributed by atoms with E-state index >= 15 is 0 Å². The molecule has 0 fully saturated rings. The van der Waals surface area contributed by atoms with Crippen LogP contribution in [-0.4, -0.2) is 5.54 Å². The second kappa shape index (κ2) is 13.1. The molecule has 1 aliphatic carbocycles. The van der Waals surface area contributed by atoms with Gasteiger partial charge in [0.25, 0.3) is 0 Å². The van der Waals surface area contributed by atoms with Gasteiger partial charge in [0.2, 0.25) is 0 Å². The zero-order valence-corrected chi connectivity index (χ0v) is 25.6. The molecule has 0 saturated carbocycles. The minimum atomic E-state index is -0.176. The first-order valence-electron chi connectivity index (χ1n) is 15.6. The number of benzene rings is 5. The second-order valence-corrected chi connectivity index (χ2v) is 11.8. The highest BCUT2D eigenvalue weighted by Crippen LogP contribution is 2.38. The van der Waals surface area contributed by atoms with Crippen molar-refractivity contribution in [3.05, 3.63) is 174 Å². The average molecular weight is 573 g/mol. The minimum absolute atomic E-state index is 0.176. The van der Waals surface area contributed by atoms with Crippen molar-refractivity contribution in [3.8, 4) is 22.3 Å². The van der Waals surface area contributed by atoms with Crippen LogP contribution in [0.1, 0.15) is 44.2 Å². The molecule has 0 heterocycles. The molecule has 0 bridgehead atoms. The van der Waals surface area contributed by atoms with Crippen LogP contribution in [0, 0.1) is 0 Å². The third-order valence-corrected chi connectivity index (χ3v) is 8.59. The van der Waals surface area contributed by atoms with Crippen molar-refractivity contribution in [3.63, 3.8) is 0 Å². The van der Waals surface area contributed by atoms with E-state index in [4.69, 9.17) is 5.73 Å². The summed E-state index contributed by atoms with van der Waals surface area (Å²) in [6, 6.07) is 46.9. The van der Waals surface area contributed by atoms with Gasteiger partial charge >= 0.3 is 0 Å². The Morgan fingerprint density at radius 3 is 1.98 bits per heavy atom. The number of rotatable bonds is 9. The van der Waals surface area contributed by atoms with E-state index in [0.29, 0.717) is 0 Å². The monoisotopic (exact) mass is 572 g/mol. The minimum Gasteiger partial charge on any atom is -0.398 e. The first kappa shape index (κ1) is 29.0. The van der Waals surface area contributed by atoms with Crippen LogP contribution in [0.15, 0.2) is 163 Å². The Balaban J connectivity index is 1.28. The van der Waals surface area contributed by atoms with Crippen LogP contribution < -0.4 is 11.1 Å². The number of hydrogen-bond acceptors (Lipinski definition) is 2. The van der Waals surface area contributed by atoms with Gasteiger partial charge in [-0.15, -0.1) is 0 Å². The summed E-state index contributed by atoms with van der Waals surface area (Å²) in [6.45, 7) is 4.53. The summed E-state index contributed by atoms with van der Waals surface area (Å²) in [7, 11) is 0. The fourth-order valence-electron chi connectivity index (χ4n) is 6.13. The summed E-state index contributed by atoms with van der Waals surface area (Å²) in [5, 5.41) is 3.85. The molecule has 1 aliphatic rings. The van der Waals surface area contributed by atoms with Gasteiger partial charge in [-0.25, -0.2) is 0 Å². The zero-order valence-electron chi connectivity index (χ0n) is 25.6. The fraction of sp³-hybridized carbons (Fsp3) is 0.143. The molecule has 0 spiro atoms. The van der Waals surface area contributed by atoms with Gasteiger partial charge in [0, 0.05) is 22.5 Å². The lowest BCUT2D eigenvalue weighted by Gasteiger charge is -2.32. The van der Waals surface area contributed by atoms with E-state index in [1.165, 1.54) is 44.5 Å². The van der Waals surface area contributed by atoms with Gasteiger partial charge in [0.05, 0.1) is 5.54 Å². The molecule has 1 atom stereocenters. The molecule has 0 saturated heterocycles. The topological polar surface area (TPSA) is 38.0 Å². The number of hydrogen-bond donors (Lipinski definition) is 2. The molecule has 6 rings (SSSR count). The maximum absolute atomic E-state index is 6.60. The van der Waals surface area contributed by atoms with Gasteiger partial charge in [0.1, 0.15) is 0 Å². The maximum Gasteiger partial charge on any atom is 0.0565 e. The average Bonchev–Trinajstić information content (AvgIpc) is 3.07. The third kappa shape index (κ3) is 6.45. The van der Waals surface area contributed by atoms with Crippen molar-refractivity contribution in [2.75, 3.05) is 11.1 Å². The highest BCUT2D eigenvalue weighted by atomic mass is 15.0. The Bertz CT molecular complexity index is 1810. The van der Waals surface area contributed by atoms with Crippen LogP contribution in [0.5, 0.6) is 0 Å². The van der Waals surface area contributed by atoms with Crippen molar-refractivity contribution >= 4 is 16.9 Å². The smallest absolute Gasteiger partial charge is 0.0565 e. The quantitative estimate of drug-likeness (QED) is 0.172. The summed E-state index contributed by atoms with van der Waals surface area (Å²) < 4.78 is 0. The Kier molecular flexibility index (Phi) is 8.61. The van der Waals surface area contributed by atoms with E-state index in [1.54, 1.807) is 0 Å². The van der Waals surface area contributed by atoms with Gasteiger partial charge in [-0.05, 0) is 71.7 Å². The molecule has 0 amide bonds. The zero-order chi connectivity index (χ0) is 30.4. The van der Waals surface area contributed by atoms with E-state index < -0.39 is 0 Å². The number of nitrogens with two attached hydrogens (primary N) is 1. The first-order valence-corrected chi connectivity index (χ1v) is 15.6. The predicted molar refractivity (Wildman–Crippen MR) is 189 cm³/mol. The molecule has 5 aromatic carbocycles. The molecule has 3 N–H and O–H groups in total. The summed E-state index contributed by atoms with van der Waals surface area (Å²) in [4.78, 5) is 0. The Labute approximate surface area is 262 Å². The van der Waals surface area contributed by atoms with E-state index in [-0.39, 0.29) is 5.54 Å². The van der Waals surface area contributed by atoms with E-state index in [1.807, 2.05) is 12.1 Å². The Morgan fingerprint density at radius 1 is 0.705 bits per heavy atom. The number of allylic oxidation sites excluding steroid dienone is 3. The normalized spacial score (nSPS) is 16.6. The van der Waals surface area contributed by atoms with E-state index in [9.17, 15) is 0 Å². The molecule has 5 aromatic rings. The first-order chi connectivity index (χ1) is 21.5. The maximum atomic E-state index is 6.60. The van der Waals surface area contributed by atoms with Gasteiger partial charge in [-0.1, -0.05) is 152 Å². The predicted octanol–water partition coefficient (Wildman–Crippen LogP) is 11.0. The Morgan fingerprint density at radius 2 is 1.32 bits per heavy atom. The van der Waals surface area contributed by atoms with Gasteiger partial charge in [0.15, 0.2) is 0 Å². The van der Waals surface area contributed by atoms with Gasteiger partial charge in [-0.3, -0.25) is 0 Å². The molecule has 2 nitrogen and oxygen atoms in total. The summed E-state index contributed by atoms with van der Waals surface area (Å²) >= 11 is 0. The molecule has 218 valence electrons. The third-order valence-electron chi connectivity index (χ3n) is 8.59. The van der Waals surface area contributed by atoms with Crippen LogP contribution in [0.2, 0.25) is 0 Å². The number of nitrogens with one attached hydrogen (secondary N) is 1. The molecule has 0 radical (unpaired) electrons. The van der Waals surface area contributed by atoms with Crippen molar-refractivity contribution < 1.29 is 0 Å². The molecule has 0 unspecified atom stereocenters. The molecule has 44 heavy (non-hydrogen) atoms. The lowest BCUT2D eigenvalue weighted by molar-refractivity contribution is 0.635. The fourth-order valence-corrected chi connectivity index (χ4v) is 6.13. The van der Waals surface area contributed by atoms with E-state index in [0.717, 1.165) is 36.2 Å². The van der Waals surface area contributed by atoms with Crippen molar-refractivity contribution in [2.24, 2.45) is 0 Å². The van der Waals surface area contributed by atoms with Crippen molar-refractivity contribution in [1.29, 1.82) is 0 Å². The van der Waals surface area contributed by atoms with Crippen molar-refractivity contribution in [1.82, 2.24) is 0 Å². The SMILES string of the molecule is CC/C(CC1=CC[C@](C)(Nc2ccccc2-c2ccccc2)C=C1)=C(\c1ccc(-c2ccccc2)cc1)c1ccccc1N. The van der Waals surface area contributed by atoms with Crippen LogP contribution in [-0.2, 0) is 0 Å². The molecular formula is C42H40N2. The van der Waals surface area contributed by atoms with Gasteiger partial charge < -0.3 is 11.1 Å². The highest BCUT2D eigenvalue weighted by molar-refractivity contribution is 5.88. The lowest BCUT2D eigenvalue weighted by atomic mass is 9.84. The summed E-state index contributed by atoms with van der Waals surface area (Å²) in [6.07, 6.45) is 9.78. The highest BCUT2D eigenvalue weighted by Gasteiger charge is 2.24. The lowest BCUT2D eigenvalue weighted by Crippen LogP contribution is -2.33. The molecule has 2 heteroatoms. The molecule has 0 aliphatic heterocycles. The number of para-hydroxylation sites is 2. The standard InChI is InChI=1S/C42H40N2/c1-3-32(41(38-19-10-12-20-39(38)43)36-24-22-34(23-25-36)33-14-6-4-7-15-33)30-31-26-28-42(2,29-27-31)44-40-21-13-11-18-37(40)35-16-8-5-9-17-35/h4-28,44H,3,29-30,43H2,1-2H3/b41-32-/t42-/m1/s1. The van der Waals surface area contributed by atoms with Crippen LogP contribution in [0.25, 0.3) is 27.8 Å². The van der Waals surface area contributed by atoms with Crippen molar-refractivity contribution in [2.45, 2.75) is 38.6 Å². The van der Waals surface area contributed by atoms with Gasteiger partial charge in [-0.2, -0.15) is 0 Å².